The van der Waals surface area contributed by atoms with E-state index in [-0.39, 0.29) is 0 Å². The number of nitrogens with one attached hydrogen (secondary N) is 1. The Hall–Kier alpha value is -2.60. The Kier molecular flexibility index (Phi) is 4.43. The first-order chi connectivity index (χ1) is 11.2. The molecule has 0 atom stereocenters. The Morgan fingerprint density at radius 3 is 2.74 bits per heavy atom. The standard InChI is InChI=1S/C17H21N5O/c1-13-15(17(23-3)21(2)20-13)12-18-11-14-7-4-5-8-16(14)22-10-6-9-19-22/h4-10,18H,11-12H2,1-3H3. The highest BCUT2D eigenvalue weighted by atomic mass is 16.5. The van der Waals surface area contributed by atoms with Crippen LogP contribution in [0.4, 0.5) is 0 Å². The van der Waals surface area contributed by atoms with Crippen molar-refractivity contribution in [2.75, 3.05) is 7.11 Å². The molecule has 6 heteroatoms. The molecule has 0 aliphatic carbocycles. The summed E-state index contributed by atoms with van der Waals surface area (Å²) in [7, 11) is 3.56. The molecule has 2 aromatic heterocycles. The minimum atomic E-state index is 0.705. The molecular weight excluding hydrogens is 290 g/mol. The first kappa shape index (κ1) is 15.3. The quantitative estimate of drug-likeness (QED) is 0.758. The van der Waals surface area contributed by atoms with Crippen molar-refractivity contribution in [1.29, 1.82) is 0 Å². The predicted molar refractivity (Wildman–Crippen MR) is 88.6 cm³/mol. The number of aromatic nitrogens is 4. The van der Waals surface area contributed by atoms with Gasteiger partial charge in [0.15, 0.2) is 0 Å². The van der Waals surface area contributed by atoms with E-state index in [0.29, 0.717) is 6.54 Å². The van der Waals surface area contributed by atoms with Gasteiger partial charge in [0.1, 0.15) is 0 Å². The fourth-order valence-corrected chi connectivity index (χ4v) is 2.76. The average Bonchev–Trinajstić information content (AvgIpc) is 3.16. The van der Waals surface area contributed by atoms with Crippen LogP contribution in [-0.2, 0) is 20.1 Å². The monoisotopic (exact) mass is 311 g/mol. The van der Waals surface area contributed by atoms with Crippen LogP contribution in [0.5, 0.6) is 5.88 Å². The molecule has 0 saturated carbocycles. The van der Waals surface area contributed by atoms with E-state index >= 15 is 0 Å². The number of nitrogens with zero attached hydrogens (tertiary/aromatic N) is 4. The number of rotatable bonds is 6. The van der Waals surface area contributed by atoms with Crippen LogP contribution in [0.2, 0.25) is 0 Å². The number of ether oxygens (including phenoxy) is 1. The highest BCUT2D eigenvalue weighted by Crippen LogP contribution is 2.21. The van der Waals surface area contributed by atoms with Gasteiger partial charge in [-0.1, -0.05) is 18.2 Å². The van der Waals surface area contributed by atoms with Crippen molar-refractivity contribution in [3.8, 4) is 11.6 Å². The lowest BCUT2D eigenvalue weighted by atomic mass is 10.1. The highest BCUT2D eigenvalue weighted by Gasteiger charge is 2.13. The van der Waals surface area contributed by atoms with E-state index in [0.717, 1.165) is 29.4 Å². The molecule has 0 bridgehead atoms. The van der Waals surface area contributed by atoms with Crippen LogP contribution in [0.25, 0.3) is 5.69 Å². The van der Waals surface area contributed by atoms with Gasteiger partial charge in [-0.25, -0.2) is 9.36 Å². The number of methoxy groups -OCH3 is 1. The van der Waals surface area contributed by atoms with Gasteiger partial charge in [0.05, 0.1) is 24.1 Å². The smallest absolute Gasteiger partial charge is 0.216 e. The van der Waals surface area contributed by atoms with Gasteiger partial charge < -0.3 is 10.1 Å². The third-order valence-corrected chi connectivity index (χ3v) is 3.84. The molecule has 3 rings (SSSR count). The zero-order valence-corrected chi connectivity index (χ0v) is 13.7. The Morgan fingerprint density at radius 2 is 2.00 bits per heavy atom. The van der Waals surface area contributed by atoms with Crippen LogP contribution in [0.1, 0.15) is 16.8 Å². The van der Waals surface area contributed by atoms with Crippen LogP contribution in [0.3, 0.4) is 0 Å². The molecule has 0 unspecified atom stereocenters. The maximum atomic E-state index is 5.43. The van der Waals surface area contributed by atoms with E-state index in [1.165, 1.54) is 5.56 Å². The molecule has 0 fully saturated rings. The first-order valence-electron chi connectivity index (χ1n) is 7.56. The second kappa shape index (κ2) is 6.66. The molecule has 3 aromatic rings. The average molecular weight is 311 g/mol. The lowest BCUT2D eigenvalue weighted by molar-refractivity contribution is 0.368. The normalized spacial score (nSPS) is 10.9. The van der Waals surface area contributed by atoms with Gasteiger partial charge >= 0.3 is 0 Å². The summed E-state index contributed by atoms with van der Waals surface area (Å²) >= 11 is 0. The molecule has 1 N–H and O–H groups in total. The van der Waals surface area contributed by atoms with Crippen molar-refractivity contribution >= 4 is 0 Å². The SMILES string of the molecule is COc1c(CNCc2ccccc2-n2cccn2)c(C)nn1C. The third-order valence-electron chi connectivity index (χ3n) is 3.84. The van der Waals surface area contributed by atoms with Crippen LogP contribution in [0.15, 0.2) is 42.7 Å². The summed E-state index contributed by atoms with van der Waals surface area (Å²) in [6, 6.07) is 10.2. The summed E-state index contributed by atoms with van der Waals surface area (Å²) in [5, 5.41) is 12.2. The number of aryl methyl sites for hydroxylation is 2. The zero-order valence-electron chi connectivity index (χ0n) is 13.7. The van der Waals surface area contributed by atoms with E-state index < -0.39 is 0 Å². The lowest BCUT2D eigenvalue weighted by Crippen LogP contribution is -2.15. The molecule has 2 heterocycles. The third kappa shape index (κ3) is 3.12. The van der Waals surface area contributed by atoms with Gasteiger partial charge in [-0.3, -0.25) is 0 Å². The lowest BCUT2D eigenvalue weighted by Gasteiger charge is -2.11. The molecule has 0 saturated heterocycles. The minimum absolute atomic E-state index is 0.705. The summed E-state index contributed by atoms with van der Waals surface area (Å²) < 4.78 is 9.08. The molecule has 0 spiro atoms. The van der Waals surface area contributed by atoms with Crippen molar-refractivity contribution in [2.24, 2.45) is 7.05 Å². The fraction of sp³-hybridized carbons (Fsp3) is 0.294. The molecule has 0 amide bonds. The Labute approximate surface area is 135 Å². The molecule has 1 aromatic carbocycles. The zero-order chi connectivity index (χ0) is 16.2. The van der Waals surface area contributed by atoms with Crippen LogP contribution >= 0.6 is 0 Å². The Bertz CT molecular complexity index is 776. The molecule has 120 valence electrons. The summed E-state index contributed by atoms with van der Waals surface area (Å²) in [5.74, 6) is 0.801. The first-order valence-corrected chi connectivity index (χ1v) is 7.56. The molecule has 0 aliphatic rings. The van der Waals surface area contributed by atoms with Gasteiger partial charge in [0.2, 0.25) is 5.88 Å². The number of para-hydroxylation sites is 1. The van der Waals surface area contributed by atoms with Gasteiger partial charge in [-0.2, -0.15) is 10.2 Å². The summed E-state index contributed by atoms with van der Waals surface area (Å²) in [6.45, 7) is 3.45. The summed E-state index contributed by atoms with van der Waals surface area (Å²) in [4.78, 5) is 0. The molecule has 0 aliphatic heterocycles. The van der Waals surface area contributed by atoms with Gasteiger partial charge in [-0.15, -0.1) is 0 Å². The van der Waals surface area contributed by atoms with E-state index in [9.17, 15) is 0 Å². The van der Waals surface area contributed by atoms with Crippen LogP contribution < -0.4 is 10.1 Å². The maximum absolute atomic E-state index is 5.43. The van der Waals surface area contributed by atoms with Gasteiger partial charge in [0.25, 0.3) is 0 Å². The van der Waals surface area contributed by atoms with Gasteiger partial charge in [0, 0.05) is 32.5 Å². The fourth-order valence-electron chi connectivity index (χ4n) is 2.76. The predicted octanol–water partition coefficient (Wildman–Crippen LogP) is 2.21. The summed E-state index contributed by atoms with van der Waals surface area (Å²) in [6.07, 6.45) is 3.74. The van der Waals surface area contributed by atoms with Crippen molar-refractivity contribution in [2.45, 2.75) is 20.0 Å². The molecule has 6 nitrogen and oxygen atoms in total. The van der Waals surface area contributed by atoms with E-state index in [4.69, 9.17) is 4.74 Å². The maximum Gasteiger partial charge on any atom is 0.216 e. The molecule has 0 radical (unpaired) electrons. The highest BCUT2D eigenvalue weighted by molar-refractivity contribution is 5.40. The van der Waals surface area contributed by atoms with Crippen LogP contribution in [-0.4, -0.2) is 26.7 Å². The van der Waals surface area contributed by atoms with Crippen LogP contribution in [0, 0.1) is 6.92 Å². The number of benzene rings is 1. The van der Waals surface area contributed by atoms with E-state index in [1.807, 2.05) is 43.0 Å². The number of hydrogen-bond donors (Lipinski definition) is 1. The Morgan fingerprint density at radius 1 is 1.17 bits per heavy atom. The van der Waals surface area contributed by atoms with E-state index in [2.05, 4.69) is 27.6 Å². The van der Waals surface area contributed by atoms with Crippen molar-refractivity contribution in [3.05, 3.63) is 59.5 Å². The minimum Gasteiger partial charge on any atom is -0.481 e. The van der Waals surface area contributed by atoms with E-state index in [1.54, 1.807) is 18.0 Å². The molecular formula is C17H21N5O. The second-order valence-electron chi connectivity index (χ2n) is 5.38. The van der Waals surface area contributed by atoms with Gasteiger partial charge in [-0.05, 0) is 24.6 Å². The number of hydrogen-bond acceptors (Lipinski definition) is 4. The second-order valence-corrected chi connectivity index (χ2v) is 5.38. The molecule has 23 heavy (non-hydrogen) atoms. The van der Waals surface area contributed by atoms with Crippen molar-refractivity contribution in [1.82, 2.24) is 24.9 Å². The largest absolute Gasteiger partial charge is 0.481 e. The van der Waals surface area contributed by atoms with Crippen molar-refractivity contribution < 1.29 is 4.74 Å². The van der Waals surface area contributed by atoms with Crippen molar-refractivity contribution in [3.63, 3.8) is 0 Å². The summed E-state index contributed by atoms with van der Waals surface area (Å²) in [5.41, 5.74) is 4.35. The topological polar surface area (TPSA) is 56.9 Å². The Balaban J connectivity index is 1.73.